The van der Waals surface area contributed by atoms with Crippen molar-refractivity contribution in [1.29, 1.82) is 0 Å². The van der Waals surface area contributed by atoms with E-state index in [2.05, 4.69) is 148 Å². The van der Waals surface area contributed by atoms with E-state index in [9.17, 15) is 0 Å². The molecule has 1 aliphatic heterocycles. The molecule has 0 amide bonds. The summed E-state index contributed by atoms with van der Waals surface area (Å²) in [5.74, 6) is 0. The second-order valence-corrected chi connectivity index (χ2v) is 17.6. The Morgan fingerprint density at radius 2 is 0.483 bits per heavy atom. The molecule has 60 heavy (non-hydrogen) atoms. The number of hydrogen-bond donors (Lipinski definition) is 0. The lowest BCUT2D eigenvalue weighted by molar-refractivity contribution is -0.190. The van der Waals surface area contributed by atoms with Crippen LogP contribution in [0.15, 0.2) is 72.8 Å². The molecule has 0 unspecified atom stereocenters. The highest BCUT2D eigenvalue weighted by Crippen LogP contribution is 2.18. The molecule has 5 rings (SSSR count). The van der Waals surface area contributed by atoms with Crippen molar-refractivity contribution in [2.45, 2.75) is 133 Å². The van der Waals surface area contributed by atoms with Crippen LogP contribution in [0, 0.1) is 55.4 Å². The standard InChI is InChI=1S/C52H76N4O4/c1-41-25-42(2)30-49(29-41)37-53-17-15-18-54(38-50-31-43(3)26-44(4)32-50)58-23-13-10-14-24-60-56(40-52-35-47(7)28-48(8)36-52)20-16-19-55(59-22-12-9-11-21-57-53)39-51-33-45(5)27-46(6)34-51/h25-36H,9-24,37-40H2,1-8H3. The van der Waals surface area contributed by atoms with E-state index in [0.717, 1.165) is 104 Å². The Balaban J connectivity index is 1.26. The quantitative estimate of drug-likeness (QED) is 0.174. The number of nitrogens with zero attached hydrogens (tertiary/aromatic N) is 4. The number of hydroxylamine groups is 8. The predicted molar refractivity (Wildman–Crippen MR) is 246 cm³/mol. The van der Waals surface area contributed by atoms with Crippen LogP contribution >= 0.6 is 0 Å². The molecule has 1 fully saturated rings. The molecule has 0 radical (unpaired) electrons. The Labute approximate surface area is 363 Å². The van der Waals surface area contributed by atoms with Gasteiger partial charge in [-0.05, 0) is 129 Å². The molecule has 328 valence electrons. The van der Waals surface area contributed by atoms with E-state index < -0.39 is 0 Å². The molecule has 0 N–H and O–H groups in total. The van der Waals surface area contributed by atoms with Crippen LogP contribution in [0.4, 0.5) is 0 Å². The Bertz CT molecular complexity index is 1530. The van der Waals surface area contributed by atoms with Crippen LogP contribution in [0.25, 0.3) is 0 Å². The third-order valence-corrected chi connectivity index (χ3v) is 10.9. The largest absolute Gasteiger partial charge is 0.299 e. The molecule has 4 aromatic rings. The van der Waals surface area contributed by atoms with E-state index in [1.165, 1.54) is 66.8 Å². The number of benzene rings is 4. The highest BCUT2D eigenvalue weighted by atomic mass is 16.7. The van der Waals surface area contributed by atoms with Crippen molar-refractivity contribution in [2.24, 2.45) is 0 Å². The molecule has 1 saturated heterocycles. The topological polar surface area (TPSA) is 49.9 Å². The van der Waals surface area contributed by atoms with Gasteiger partial charge in [0.1, 0.15) is 0 Å². The summed E-state index contributed by atoms with van der Waals surface area (Å²) in [5.41, 5.74) is 15.5. The Morgan fingerprint density at radius 3 is 0.683 bits per heavy atom. The SMILES string of the molecule is Cc1cc(C)cc(CN2CCCN(Cc3cc(C)cc(C)c3)OCCCCCON(Cc3cc(C)cc(C)c3)CCCN(Cc3cc(C)cc(C)c3)OCCCCCO2)c1. The van der Waals surface area contributed by atoms with Gasteiger partial charge in [0, 0.05) is 52.4 Å². The summed E-state index contributed by atoms with van der Waals surface area (Å²) in [6.07, 6.45) is 7.89. The van der Waals surface area contributed by atoms with Gasteiger partial charge >= 0.3 is 0 Å². The maximum absolute atomic E-state index is 6.54. The molecule has 0 aromatic heterocycles. The monoisotopic (exact) mass is 821 g/mol. The van der Waals surface area contributed by atoms with Crippen molar-refractivity contribution in [2.75, 3.05) is 52.6 Å². The molecule has 0 spiro atoms. The summed E-state index contributed by atoms with van der Waals surface area (Å²) < 4.78 is 0. The van der Waals surface area contributed by atoms with E-state index in [0.29, 0.717) is 26.4 Å². The average Bonchev–Trinajstić information content (AvgIpc) is 3.14. The third kappa shape index (κ3) is 18.3. The van der Waals surface area contributed by atoms with Gasteiger partial charge in [-0.25, -0.2) is 0 Å². The first-order valence-electron chi connectivity index (χ1n) is 22.8. The molecule has 1 heterocycles. The smallest absolute Gasteiger partial charge is 0.0685 e. The van der Waals surface area contributed by atoms with E-state index in [1.54, 1.807) is 0 Å². The zero-order valence-corrected chi connectivity index (χ0v) is 38.5. The molecule has 1 aliphatic rings. The molecular formula is C52H76N4O4. The van der Waals surface area contributed by atoms with Crippen LogP contribution < -0.4 is 0 Å². The van der Waals surface area contributed by atoms with Crippen molar-refractivity contribution in [3.05, 3.63) is 140 Å². The normalized spacial score (nSPS) is 18.0. The molecule has 0 bridgehead atoms. The summed E-state index contributed by atoms with van der Waals surface area (Å²) in [6, 6.07) is 27.2. The lowest BCUT2D eigenvalue weighted by atomic mass is 10.1. The number of hydrogen-bond acceptors (Lipinski definition) is 8. The van der Waals surface area contributed by atoms with Gasteiger partial charge in [-0.15, -0.1) is 0 Å². The van der Waals surface area contributed by atoms with Crippen molar-refractivity contribution in [3.8, 4) is 0 Å². The fourth-order valence-electron chi connectivity index (χ4n) is 8.60. The van der Waals surface area contributed by atoms with Gasteiger partial charge in [-0.1, -0.05) is 117 Å². The van der Waals surface area contributed by atoms with Crippen LogP contribution in [-0.2, 0) is 45.5 Å². The summed E-state index contributed by atoms with van der Waals surface area (Å²) >= 11 is 0. The molecule has 4 aromatic carbocycles. The first-order chi connectivity index (χ1) is 28.9. The van der Waals surface area contributed by atoms with E-state index in [4.69, 9.17) is 19.4 Å². The summed E-state index contributed by atoms with van der Waals surface area (Å²) in [4.78, 5) is 26.2. The Morgan fingerprint density at radius 1 is 0.283 bits per heavy atom. The zero-order valence-electron chi connectivity index (χ0n) is 38.5. The van der Waals surface area contributed by atoms with Gasteiger partial charge < -0.3 is 0 Å². The zero-order chi connectivity index (χ0) is 42.7. The summed E-state index contributed by atoms with van der Waals surface area (Å²) in [5, 5.41) is 8.70. The molecule has 8 nitrogen and oxygen atoms in total. The van der Waals surface area contributed by atoms with E-state index in [-0.39, 0.29) is 0 Å². The van der Waals surface area contributed by atoms with Crippen LogP contribution in [0.2, 0.25) is 0 Å². The molecular weight excluding hydrogens is 745 g/mol. The van der Waals surface area contributed by atoms with Gasteiger partial charge in [-0.2, -0.15) is 20.3 Å². The van der Waals surface area contributed by atoms with Crippen LogP contribution in [0.5, 0.6) is 0 Å². The first kappa shape index (κ1) is 47.6. The van der Waals surface area contributed by atoms with Gasteiger partial charge in [0.05, 0.1) is 26.4 Å². The van der Waals surface area contributed by atoms with Crippen molar-refractivity contribution in [1.82, 2.24) is 20.3 Å². The first-order valence-corrected chi connectivity index (χ1v) is 22.8. The summed E-state index contributed by atoms with van der Waals surface area (Å²) in [6.45, 7) is 26.5. The highest BCUT2D eigenvalue weighted by molar-refractivity contribution is 5.31. The number of aryl methyl sites for hydroxylation is 8. The van der Waals surface area contributed by atoms with E-state index in [1.807, 2.05) is 0 Å². The van der Waals surface area contributed by atoms with Crippen LogP contribution in [0.1, 0.15) is 118 Å². The maximum Gasteiger partial charge on any atom is 0.0685 e. The summed E-state index contributed by atoms with van der Waals surface area (Å²) in [7, 11) is 0. The predicted octanol–water partition coefficient (Wildman–Crippen LogP) is 11.3. The molecule has 0 saturated carbocycles. The van der Waals surface area contributed by atoms with Crippen molar-refractivity contribution in [3.63, 3.8) is 0 Å². The lowest BCUT2D eigenvalue weighted by Gasteiger charge is -2.27. The van der Waals surface area contributed by atoms with Gasteiger partial charge in [0.15, 0.2) is 0 Å². The van der Waals surface area contributed by atoms with Crippen LogP contribution in [-0.4, -0.2) is 72.9 Å². The highest BCUT2D eigenvalue weighted by Gasteiger charge is 2.15. The van der Waals surface area contributed by atoms with Crippen molar-refractivity contribution < 1.29 is 19.4 Å². The fraction of sp³-hybridized carbons (Fsp3) is 0.538. The van der Waals surface area contributed by atoms with Crippen molar-refractivity contribution >= 4 is 0 Å². The number of rotatable bonds is 8. The second-order valence-electron chi connectivity index (χ2n) is 17.6. The Hall–Kier alpha value is -3.44. The molecule has 0 aliphatic carbocycles. The lowest BCUT2D eigenvalue weighted by Crippen LogP contribution is -2.31. The third-order valence-electron chi connectivity index (χ3n) is 10.9. The van der Waals surface area contributed by atoms with Gasteiger partial charge in [0.25, 0.3) is 0 Å². The average molecular weight is 821 g/mol. The maximum atomic E-state index is 6.54. The minimum Gasteiger partial charge on any atom is -0.299 e. The second kappa shape index (κ2) is 25.5. The molecule has 8 heteroatoms. The van der Waals surface area contributed by atoms with E-state index >= 15 is 0 Å². The van der Waals surface area contributed by atoms with Gasteiger partial charge in [0.2, 0.25) is 0 Å². The van der Waals surface area contributed by atoms with Gasteiger partial charge in [-0.3, -0.25) is 19.4 Å². The minimum absolute atomic E-state index is 0.691. The van der Waals surface area contributed by atoms with Crippen LogP contribution in [0.3, 0.4) is 0 Å². The Kier molecular flexibility index (Phi) is 20.2. The minimum atomic E-state index is 0.691. The fourth-order valence-corrected chi connectivity index (χ4v) is 8.60. The molecule has 0 atom stereocenters.